The highest BCUT2D eigenvalue weighted by Gasteiger charge is 2.20. The maximum absolute atomic E-state index is 13.5. The molecule has 0 aliphatic heterocycles. The van der Waals surface area contributed by atoms with Crippen molar-refractivity contribution in [2.24, 2.45) is 0 Å². The van der Waals surface area contributed by atoms with Gasteiger partial charge in [-0.05, 0) is 31.2 Å². The molecule has 116 valence electrons. The van der Waals surface area contributed by atoms with E-state index in [4.69, 9.17) is 4.74 Å². The van der Waals surface area contributed by atoms with E-state index in [1.165, 1.54) is 18.2 Å². The Bertz CT molecular complexity index is 518. The van der Waals surface area contributed by atoms with Crippen molar-refractivity contribution in [1.29, 1.82) is 0 Å². The molecule has 1 amide bonds. The summed E-state index contributed by atoms with van der Waals surface area (Å²) >= 11 is 3.24. The van der Waals surface area contributed by atoms with Gasteiger partial charge in [0, 0.05) is 42.8 Å². The van der Waals surface area contributed by atoms with E-state index < -0.39 is 17.3 Å². The summed E-state index contributed by atoms with van der Waals surface area (Å²) in [4.78, 5) is 11.7. The number of aliphatic hydroxyl groups is 1. The standard InChI is InChI=1S/C15H19BrFNO3/c1-15(20,7-8-21-2)10-18-14(19)6-3-11-9-12(16)4-5-13(11)17/h3-6,9,20H,7-8,10H2,1-2H3,(H,18,19)/b6-3+. The molecule has 0 fully saturated rings. The molecule has 0 bridgehead atoms. The average molecular weight is 360 g/mol. The molecule has 6 heteroatoms. The molecule has 0 aliphatic rings. The van der Waals surface area contributed by atoms with Crippen LogP contribution < -0.4 is 5.32 Å². The number of carbonyl (C=O) groups is 1. The largest absolute Gasteiger partial charge is 0.388 e. The SMILES string of the molecule is COCCC(C)(O)CNC(=O)/C=C/c1cc(Br)ccc1F. The van der Waals surface area contributed by atoms with Gasteiger partial charge in [-0.15, -0.1) is 0 Å². The van der Waals surface area contributed by atoms with Crippen LogP contribution in [-0.4, -0.2) is 36.9 Å². The van der Waals surface area contributed by atoms with Crippen molar-refractivity contribution in [2.45, 2.75) is 18.9 Å². The Morgan fingerprint density at radius 1 is 1.57 bits per heavy atom. The van der Waals surface area contributed by atoms with Crippen LogP contribution in [-0.2, 0) is 9.53 Å². The summed E-state index contributed by atoms with van der Waals surface area (Å²) in [6.07, 6.45) is 3.03. The lowest BCUT2D eigenvalue weighted by atomic mass is 10.0. The molecule has 0 heterocycles. The summed E-state index contributed by atoms with van der Waals surface area (Å²) in [5.41, 5.74) is -0.730. The normalized spacial score (nSPS) is 14.1. The minimum Gasteiger partial charge on any atom is -0.388 e. The number of hydrogen-bond donors (Lipinski definition) is 2. The predicted molar refractivity (Wildman–Crippen MR) is 83.3 cm³/mol. The number of benzene rings is 1. The van der Waals surface area contributed by atoms with Crippen molar-refractivity contribution >= 4 is 27.9 Å². The maximum Gasteiger partial charge on any atom is 0.244 e. The van der Waals surface area contributed by atoms with Crippen molar-refractivity contribution in [1.82, 2.24) is 5.32 Å². The van der Waals surface area contributed by atoms with Crippen LogP contribution in [0.5, 0.6) is 0 Å². The van der Waals surface area contributed by atoms with Gasteiger partial charge in [-0.1, -0.05) is 15.9 Å². The summed E-state index contributed by atoms with van der Waals surface area (Å²) < 4.78 is 19.1. The van der Waals surface area contributed by atoms with E-state index in [-0.39, 0.29) is 6.54 Å². The second-order valence-corrected chi connectivity index (χ2v) is 5.87. The van der Waals surface area contributed by atoms with Gasteiger partial charge in [-0.2, -0.15) is 0 Å². The van der Waals surface area contributed by atoms with Crippen LogP contribution in [0, 0.1) is 5.82 Å². The molecule has 1 atom stereocenters. The number of ether oxygens (including phenoxy) is 1. The first-order valence-corrected chi connectivity index (χ1v) is 7.25. The molecule has 0 spiro atoms. The summed E-state index contributed by atoms with van der Waals surface area (Å²) in [6, 6.07) is 4.48. The van der Waals surface area contributed by atoms with Crippen LogP contribution in [0.1, 0.15) is 18.9 Å². The molecule has 1 aromatic carbocycles. The van der Waals surface area contributed by atoms with Crippen molar-refractivity contribution in [3.63, 3.8) is 0 Å². The molecular formula is C15H19BrFNO3. The Morgan fingerprint density at radius 3 is 2.95 bits per heavy atom. The van der Waals surface area contributed by atoms with Gasteiger partial charge in [0.25, 0.3) is 0 Å². The number of hydrogen-bond acceptors (Lipinski definition) is 3. The van der Waals surface area contributed by atoms with Gasteiger partial charge >= 0.3 is 0 Å². The fourth-order valence-electron chi connectivity index (χ4n) is 1.55. The lowest BCUT2D eigenvalue weighted by molar-refractivity contribution is -0.117. The average Bonchev–Trinajstić information content (AvgIpc) is 2.44. The van der Waals surface area contributed by atoms with Crippen molar-refractivity contribution in [3.8, 4) is 0 Å². The molecule has 0 radical (unpaired) electrons. The highest BCUT2D eigenvalue weighted by molar-refractivity contribution is 9.10. The fourth-order valence-corrected chi connectivity index (χ4v) is 1.93. The molecule has 1 unspecified atom stereocenters. The van der Waals surface area contributed by atoms with Crippen LogP contribution in [0.3, 0.4) is 0 Å². The quantitative estimate of drug-likeness (QED) is 0.735. The van der Waals surface area contributed by atoms with Gasteiger partial charge in [0.15, 0.2) is 0 Å². The zero-order valence-electron chi connectivity index (χ0n) is 12.0. The van der Waals surface area contributed by atoms with Crippen LogP contribution >= 0.6 is 15.9 Å². The van der Waals surface area contributed by atoms with Crippen LogP contribution in [0.15, 0.2) is 28.7 Å². The summed E-state index contributed by atoms with van der Waals surface area (Å²) in [5.74, 6) is -0.804. The van der Waals surface area contributed by atoms with E-state index in [9.17, 15) is 14.3 Å². The molecule has 0 aromatic heterocycles. The van der Waals surface area contributed by atoms with Gasteiger partial charge in [0.2, 0.25) is 5.91 Å². The fraction of sp³-hybridized carbons (Fsp3) is 0.400. The molecule has 4 nitrogen and oxygen atoms in total. The van der Waals surface area contributed by atoms with Gasteiger partial charge in [-0.3, -0.25) is 4.79 Å². The van der Waals surface area contributed by atoms with Crippen molar-refractivity contribution < 1.29 is 19.0 Å². The summed E-state index contributed by atoms with van der Waals surface area (Å²) in [6.45, 7) is 2.12. The molecular weight excluding hydrogens is 341 g/mol. The van der Waals surface area contributed by atoms with Crippen molar-refractivity contribution in [3.05, 3.63) is 40.1 Å². The van der Waals surface area contributed by atoms with Crippen LogP contribution in [0.2, 0.25) is 0 Å². The van der Waals surface area contributed by atoms with E-state index in [0.717, 1.165) is 4.47 Å². The number of rotatable bonds is 7. The number of carbonyl (C=O) groups excluding carboxylic acids is 1. The first kappa shape index (κ1) is 17.8. The lowest BCUT2D eigenvalue weighted by Crippen LogP contribution is -2.40. The zero-order valence-corrected chi connectivity index (χ0v) is 13.6. The number of amides is 1. The van der Waals surface area contributed by atoms with Crippen molar-refractivity contribution in [2.75, 3.05) is 20.3 Å². The molecule has 2 N–H and O–H groups in total. The molecule has 21 heavy (non-hydrogen) atoms. The minimum atomic E-state index is -1.04. The first-order chi connectivity index (χ1) is 9.84. The van der Waals surface area contributed by atoms with Gasteiger partial charge in [0.05, 0.1) is 5.60 Å². The highest BCUT2D eigenvalue weighted by Crippen LogP contribution is 2.16. The van der Waals surface area contributed by atoms with Crippen LogP contribution in [0.25, 0.3) is 6.08 Å². The number of halogens is 2. The Balaban J connectivity index is 2.53. The van der Waals surface area contributed by atoms with E-state index >= 15 is 0 Å². The Morgan fingerprint density at radius 2 is 2.29 bits per heavy atom. The number of nitrogens with one attached hydrogen (secondary N) is 1. The lowest BCUT2D eigenvalue weighted by Gasteiger charge is -2.22. The van der Waals surface area contributed by atoms with Crippen LogP contribution in [0.4, 0.5) is 4.39 Å². The highest BCUT2D eigenvalue weighted by atomic mass is 79.9. The molecule has 1 aromatic rings. The third-order valence-electron chi connectivity index (χ3n) is 2.86. The van der Waals surface area contributed by atoms with Gasteiger partial charge < -0.3 is 15.2 Å². The van der Waals surface area contributed by atoms with E-state index in [1.807, 2.05) is 0 Å². The van der Waals surface area contributed by atoms with Gasteiger partial charge in [0.1, 0.15) is 5.82 Å². The van der Waals surface area contributed by atoms with Gasteiger partial charge in [-0.25, -0.2) is 4.39 Å². The summed E-state index contributed by atoms with van der Waals surface area (Å²) in [7, 11) is 1.55. The Hall–Kier alpha value is -1.24. The number of methoxy groups -OCH3 is 1. The second-order valence-electron chi connectivity index (χ2n) is 4.96. The molecule has 0 saturated carbocycles. The Kier molecular flexibility index (Phi) is 7.01. The summed E-state index contributed by atoms with van der Waals surface area (Å²) in [5, 5.41) is 12.5. The molecule has 1 rings (SSSR count). The molecule has 0 aliphatic carbocycles. The topological polar surface area (TPSA) is 58.6 Å². The monoisotopic (exact) mass is 359 g/mol. The first-order valence-electron chi connectivity index (χ1n) is 6.46. The van der Waals surface area contributed by atoms with E-state index in [0.29, 0.717) is 18.6 Å². The molecule has 0 saturated heterocycles. The second kappa shape index (κ2) is 8.26. The maximum atomic E-state index is 13.5. The van der Waals surface area contributed by atoms with E-state index in [1.54, 1.807) is 26.2 Å². The Labute approximate surface area is 132 Å². The minimum absolute atomic E-state index is 0.0977. The van der Waals surface area contributed by atoms with E-state index in [2.05, 4.69) is 21.2 Å². The third-order valence-corrected chi connectivity index (χ3v) is 3.35. The third kappa shape index (κ3) is 6.84. The predicted octanol–water partition coefficient (Wildman–Crippen LogP) is 2.51. The zero-order chi connectivity index (χ0) is 15.9. The smallest absolute Gasteiger partial charge is 0.244 e.